The molecule has 1 fully saturated rings. The van der Waals surface area contributed by atoms with Crippen LogP contribution >= 0.6 is 35.3 Å². The van der Waals surface area contributed by atoms with E-state index in [4.69, 9.17) is 9.47 Å². The minimum Gasteiger partial charge on any atom is -0.497 e. The summed E-state index contributed by atoms with van der Waals surface area (Å²) in [6, 6.07) is 6.42. The number of hydrogen-bond acceptors (Lipinski definition) is 6. The topological polar surface area (TPSA) is 71.0 Å². The largest absolute Gasteiger partial charge is 0.497 e. The Morgan fingerprint density at radius 2 is 2.00 bits per heavy atom. The first-order valence-corrected chi connectivity index (χ1v) is 10.3. The monoisotopic (exact) mass is 531 g/mol. The van der Waals surface area contributed by atoms with Crippen molar-refractivity contribution in [3.63, 3.8) is 0 Å². The molecule has 0 spiro atoms. The van der Waals surface area contributed by atoms with Gasteiger partial charge in [0.2, 0.25) is 0 Å². The molecule has 29 heavy (non-hydrogen) atoms. The van der Waals surface area contributed by atoms with Gasteiger partial charge in [0, 0.05) is 43.7 Å². The van der Waals surface area contributed by atoms with Crippen LogP contribution in [0.4, 0.5) is 0 Å². The maximum absolute atomic E-state index is 5.38. The first-order valence-electron chi connectivity index (χ1n) is 9.41. The zero-order valence-electron chi connectivity index (χ0n) is 17.4. The number of nitrogens with one attached hydrogen (secondary N) is 2. The van der Waals surface area contributed by atoms with Gasteiger partial charge >= 0.3 is 0 Å². The second-order valence-electron chi connectivity index (χ2n) is 6.87. The molecule has 0 aliphatic carbocycles. The van der Waals surface area contributed by atoms with Gasteiger partial charge in [-0.2, -0.15) is 0 Å². The number of methoxy groups -OCH3 is 2. The van der Waals surface area contributed by atoms with Gasteiger partial charge in [0.1, 0.15) is 11.5 Å². The Kier molecular flexibility index (Phi) is 9.44. The molecule has 160 valence electrons. The number of ether oxygens (including phenoxy) is 2. The Morgan fingerprint density at radius 1 is 1.28 bits per heavy atom. The highest BCUT2D eigenvalue weighted by Crippen LogP contribution is 2.24. The van der Waals surface area contributed by atoms with Gasteiger partial charge in [-0.15, -0.1) is 35.3 Å². The van der Waals surface area contributed by atoms with Gasteiger partial charge < -0.3 is 20.1 Å². The van der Waals surface area contributed by atoms with Crippen molar-refractivity contribution < 1.29 is 9.47 Å². The van der Waals surface area contributed by atoms with Crippen LogP contribution in [-0.2, 0) is 13.1 Å². The second-order valence-corrected chi connectivity index (χ2v) is 7.81. The van der Waals surface area contributed by atoms with Crippen molar-refractivity contribution in [1.29, 1.82) is 0 Å². The fourth-order valence-corrected chi connectivity index (χ4v) is 4.07. The smallest absolute Gasteiger partial charge is 0.191 e. The molecule has 3 rings (SSSR count). The van der Waals surface area contributed by atoms with Crippen LogP contribution in [-0.4, -0.2) is 56.2 Å². The van der Waals surface area contributed by atoms with E-state index >= 15 is 0 Å². The predicted octanol–water partition coefficient (Wildman–Crippen LogP) is 3.03. The van der Waals surface area contributed by atoms with E-state index in [0.29, 0.717) is 6.04 Å². The third-order valence-corrected chi connectivity index (χ3v) is 5.85. The third kappa shape index (κ3) is 6.71. The first-order chi connectivity index (χ1) is 13.6. The van der Waals surface area contributed by atoms with Crippen LogP contribution in [0.25, 0.3) is 0 Å². The van der Waals surface area contributed by atoms with Crippen LogP contribution < -0.4 is 20.1 Å². The Hall–Kier alpha value is -1.59. The highest BCUT2D eigenvalue weighted by molar-refractivity contribution is 14.0. The lowest BCUT2D eigenvalue weighted by molar-refractivity contribution is 0.321. The van der Waals surface area contributed by atoms with Gasteiger partial charge in [0.05, 0.1) is 32.0 Å². The van der Waals surface area contributed by atoms with Crippen molar-refractivity contribution in [3.8, 4) is 11.5 Å². The third-order valence-electron chi connectivity index (χ3n) is 4.92. The molecule has 0 bridgehead atoms. The van der Waals surface area contributed by atoms with Crippen molar-refractivity contribution >= 4 is 41.3 Å². The average molecular weight is 531 g/mol. The van der Waals surface area contributed by atoms with Crippen LogP contribution in [0.15, 0.2) is 28.7 Å². The molecule has 0 saturated carbocycles. The van der Waals surface area contributed by atoms with E-state index in [9.17, 15) is 0 Å². The Balaban J connectivity index is 0.00000300. The minimum absolute atomic E-state index is 0. The van der Waals surface area contributed by atoms with E-state index in [0.717, 1.165) is 55.8 Å². The Morgan fingerprint density at radius 3 is 2.59 bits per heavy atom. The van der Waals surface area contributed by atoms with Crippen molar-refractivity contribution in [3.05, 3.63) is 39.8 Å². The van der Waals surface area contributed by atoms with Crippen LogP contribution in [0.3, 0.4) is 0 Å². The lowest BCUT2D eigenvalue weighted by Crippen LogP contribution is -2.44. The molecule has 2 N–H and O–H groups in total. The number of aliphatic imine (C=N–C) groups is 1. The maximum atomic E-state index is 5.38. The fraction of sp³-hybridized carbons (Fsp3) is 0.500. The average Bonchev–Trinajstić information content (AvgIpc) is 3.33. The number of guanidine groups is 1. The predicted molar refractivity (Wildman–Crippen MR) is 129 cm³/mol. The summed E-state index contributed by atoms with van der Waals surface area (Å²) in [4.78, 5) is 12.3. The number of hydrogen-bond donors (Lipinski definition) is 2. The van der Waals surface area contributed by atoms with Crippen LogP contribution in [0.1, 0.15) is 22.6 Å². The SMILES string of the molecule is CN=C(NCc1scnc1C)NC1CCN(Cc2cc(OC)cc(OC)c2)C1.I. The summed E-state index contributed by atoms with van der Waals surface area (Å²) in [5.74, 6) is 2.49. The normalized spacial score (nSPS) is 17.0. The number of halogens is 1. The molecule has 1 saturated heterocycles. The van der Waals surface area contributed by atoms with E-state index in [1.54, 1.807) is 25.6 Å². The van der Waals surface area contributed by atoms with Crippen molar-refractivity contribution in [2.45, 2.75) is 32.5 Å². The molecule has 9 heteroatoms. The van der Waals surface area contributed by atoms with Gasteiger partial charge in [-0.1, -0.05) is 0 Å². The number of likely N-dealkylation sites (tertiary alicyclic amines) is 1. The molecule has 1 aromatic heterocycles. The zero-order chi connectivity index (χ0) is 19.9. The molecule has 2 heterocycles. The van der Waals surface area contributed by atoms with Crippen LogP contribution in [0.5, 0.6) is 11.5 Å². The van der Waals surface area contributed by atoms with E-state index in [2.05, 4.69) is 37.6 Å². The van der Waals surface area contributed by atoms with Crippen LogP contribution in [0, 0.1) is 6.92 Å². The number of thiazole rings is 1. The Labute approximate surface area is 193 Å². The molecule has 7 nitrogen and oxygen atoms in total. The maximum Gasteiger partial charge on any atom is 0.191 e. The molecular formula is C20H30IN5O2S. The van der Waals surface area contributed by atoms with Gasteiger partial charge in [0.25, 0.3) is 0 Å². The standard InChI is InChI=1S/C20H29N5O2S.HI/c1-14-19(28-13-23-14)10-22-20(21-2)24-16-5-6-25(12-16)11-15-7-17(26-3)9-18(8-15)27-4;/h7-9,13,16H,5-6,10-12H2,1-4H3,(H2,21,22,24);1H. The number of nitrogens with zero attached hydrogens (tertiary/aromatic N) is 3. The van der Waals surface area contributed by atoms with Crippen molar-refractivity contribution in [1.82, 2.24) is 20.5 Å². The Bertz CT molecular complexity index is 792. The summed E-state index contributed by atoms with van der Waals surface area (Å²) >= 11 is 1.67. The van der Waals surface area contributed by atoms with Crippen LogP contribution in [0.2, 0.25) is 0 Å². The molecule has 1 unspecified atom stereocenters. The molecule has 0 radical (unpaired) electrons. The number of rotatable bonds is 7. The summed E-state index contributed by atoms with van der Waals surface area (Å²) in [7, 11) is 5.17. The highest BCUT2D eigenvalue weighted by atomic mass is 127. The van der Waals surface area contributed by atoms with Crippen molar-refractivity contribution in [2.75, 3.05) is 34.4 Å². The molecule has 0 amide bonds. The van der Waals surface area contributed by atoms with Gasteiger partial charge in [-0.3, -0.25) is 9.89 Å². The lowest BCUT2D eigenvalue weighted by Gasteiger charge is -2.19. The summed E-state index contributed by atoms with van der Waals surface area (Å²) in [6.07, 6.45) is 1.08. The van der Waals surface area contributed by atoms with E-state index in [1.807, 2.05) is 25.5 Å². The lowest BCUT2D eigenvalue weighted by atomic mass is 10.2. The van der Waals surface area contributed by atoms with E-state index in [1.165, 1.54) is 10.4 Å². The zero-order valence-corrected chi connectivity index (χ0v) is 20.5. The molecular weight excluding hydrogens is 501 g/mol. The number of benzene rings is 1. The van der Waals surface area contributed by atoms with E-state index < -0.39 is 0 Å². The summed E-state index contributed by atoms with van der Waals surface area (Å²) < 4.78 is 10.8. The molecule has 2 aromatic rings. The molecule has 1 atom stereocenters. The quantitative estimate of drug-likeness (QED) is 0.325. The number of aryl methyl sites for hydroxylation is 1. The second kappa shape index (κ2) is 11.6. The minimum atomic E-state index is 0. The molecule has 1 aliphatic heterocycles. The highest BCUT2D eigenvalue weighted by Gasteiger charge is 2.23. The number of aromatic nitrogens is 1. The van der Waals surface area contributed by atoms with Gasteiger partial charge in [0.15, 0.2) is 5.96 Å². The van der Waals surface area contributed by atoms with Gasteiger partial charge in [-0.05, 0) is 31.0 Å². The van der Waals surface area contributed by atoms with Crippen molar-refractivity contribution in [2.24, 2.45) is 4.99 Å². The summed E-state index contributed by atoms with van der Waals surface area (Å²) in [5.41, 5.74) is 4.15. The summed E-state index contributed by atoms with van der Waals surface area (Å²) in [5, 5.41) is 6.93. The first kappa shape index (κ1) is 23.7. The van der Waals surface area contributed by atoms with E-state index in [-0.39, 0.29) is 24.0 Å². The fourth-order valence-electron chi connectivity index (χ4n) is 3.36. The molecule has 1 aromatic carbocycles. The summed E-state index contributed by atoms with van der Waals surface area (Å²) in [6.45, 7) is 5.67. The molecule has 1 aliphatic rings. The van der Waals surface area contributed by atoms with Gasteiger partial charge in [-0.25, -0.2) is 4.98 Å².